The molecule has 1 aliphatic carbocycles. The second-order valence-electron chi connectivity index (χ2n) is 8.19. The molecule has 166 valence electrons. The van der Waals surface area contributed by atoms with E-state index in [-0.39, 0.29) is 17.6 Å². The highest BCUT2D eigenvalue weighted by atomic mass is 16.5. The van der Waals surface area contributed by atoms with Crippen molar-refractivity contribution in [2.24, 2.45) is 11.8 Å². The minimum absolute atomic E-state index is 0.0677. The van der Waals surface area contributed by atoms with Crippen molar-refractivity contribution in [1.29, 1.82) is 0 Å². The van der Waals surface area contributed by atoms with Crippen molar-refractivity contribution >= 4 is 5.78 Å². The summed E-state index contributed by atoms with van der Waals surface area (Å²) < 4.78 is 5.61. The maximum Gasteiger partial charge on any atom is 0.129 e. The molecule has 5 atom stereocenters. The average molecular weight is 417 g/mol. The van der Waals surface area contributed by atoms with Gasteiger partial charge in [0.25, 0.3) is 0 Å². The minimum Gasteiger partial charge on any atom is -0.393 e. The average Bonchev–Trinajstić information content (AvgIpc) is 2.99. The summed E-state index contributed by atoms with van der Waals surface area (Å²) >= 11 is 0. The Hall–Kier alpha value is -1.79. The van der Waals surface area contributed by atoms with E-state index in [2.05, 4.69) is 0 Å². The van der Waals surface area contributed by atoms with Crippen LogP contribution in [0.15, 0.2) is 54.6 Å². The van der Waals surface area contributed by atoms with Gasteiger partial charge >= 0.3 is 0 Å². The van der Waals surface area contributed by atoms with Gasteiger partial charge in [0.2, 0.25) is 0 Å². The van der Waals surface area contributed by atoms with Gasteiger partial charge in [-0.1, -0.05) is 54.6 Å². The molecular formula is C25H36O5. The lowest BCUT2D eigenvalue weighted by Gasteiger charge is -2.19. The second-order valence-corrected chi connectivity index (χ2v) is 8.19. The molecule has 5 nitrogen and oxygen atoms in total. The first-order chi connectivity index (χ1) is 14.5. The summed E-state index contributed by atoms with van der Waals surface area (Å²) in [5.41, 5.74) is 1.10. The first kappa shape index (κ1) is 24.5. The van der Waals surface area contributed by atoms with Crippen LogP contribution in [0.5, 0.6) is 0 Å². The van der Waals surface area contributed by atoms with Crippen molar-refractivity contribution < 1.29 is 24.9 Å². The van der Waals surface area contributed by atoms with Gasteiger partial charge in [-0.15, -0.1) is 0 Å². The van der Waals surface area contributed by atoms with E-state index in [1.165, 1.54) is 0 Å². The molecule has 0 saturated heterocycles. The Morgan fingerprint density at radius 3 is 2.70 bits per heavy atom. The van der Waals surface area contributed by atoms with Gasteiger partial charge in [0.15, 0.2) is 0 Å². The molecule has 30 heavy (non-hydrogen) atoms. The van der Waals surface area contributed by atoms with E-state index in [0.29, 0.717) is 38.9 Å². The molecule has 0 aliphatic heterocycles. The quantitative estimate of drug-likeness (QED) is 0.338. The highest BCUT2D eigenvalue weighted by Gasteiger charge is 2.39. The van der Waals surface area contributed by atoms with Crippen molar-refractivity contribution in [2.75, 3.05) is 6.61 Å². The SMILES string of the molecule is CC(=O)CCC/C=C\C[C@@H]1[C@@H](C=C[C@@H](O)CCOCc2ccccc2)[C@H](O)C[C@@H]1O. The molecule has 0 amide bonds. The van der Waals surface area contributed by atoms with Gasteiger partial charge in [0, 0.05) is 31.8 Å². The van der Waals surface area contributed by atoms with Crippen LogP contribution < -0.4 is 0 Å². The largest absolute Gasteiger partial charge is 0.393 e. The number of aliphatic hydroxyl groups is 3. The summed E-state index contributed by atoms with van der Waals surface area (Å²) in [6.07, 6.45) is 9.60. The van der Waals surface area contributed by atoms with Gasteiger partial charge in [-0.3, -0.25) is 0 Å². The van der Waals surface area contributed by atoms with Crippen LogP contribution in [0.4, 0.5) is 0 Å². The van der Waals surface area contributed by atoms with Crippen LogP contribution in [0.1, 0.15) is 51.0 Å². The summed E-state index contributed by atoms with van der Waals surface area (Å²) in [4.78, 5) is 11.0. The minimum atomic E-state index is -0.645. The van der Waals surface area contributed by atoms with E-state index in [4.69, 9.17) is 4.74 Å². The Bertz CT molecular complexity index is 669. The maximum absolute atomic E-state index is 11.0. The Kier molecular flexibility index (Phi) is 11.0. The van der Waals surface area contributed by atoms with Gasteiger partial charge < -0.3 is 24.9 Å². The summed E-state index contributed by atoms with van der Waals surface area (Å²) in [6, 6.07) is 9.90. The zero-order valence-electron chi connectivity index (χ0n) is 17.9. The van der Waals surface area contributed by atoms with Gasteiger partial charge in [0.1, 0.15) is 5.78 Å². The molecule has 0 unspecified atom stereocenters. The fraction of sp³-hybridized carbons (Fsp3) is 0.560. The molecule has 1 aromatic carbocycles. The monoisotopic (exact) mass is 416 g/mol. The number of benzene rings is 1. The fourth-order valence-corrected chi connectivity index (χ4v) is 3.87. The molecule has 2 rings (SSSR count). The molecule has 3 N–H and O–H groups in total. The van der Waals surface area contributed by atoms with Crippen LogP contribution in [0.3, 0.4) is 0 Å². The Balaban J connectivity index is 1.73. The van der Waals surface area contributed by atoms with Crippen molar-refractivity contribution in [2.45, 2.75) is 70.4 Å². The summed E-state index contributed by atoms with van der Waals surface area (Å²) in [7, 11) is 0. The number of aliphatic hydroxyl groups excluding tert-OH is 3. The first-order valence-electron chi connectivity index (χ1n) is 11.0. The van der Waals surface area contributed by atoms with E-state index < -0.39 is 18.3 Å². The smallest absolute Gasteiger partial charge is 0.129 e. The third kappa shape index (κ3) is 8.92. The first-order valence-corrected chi connectivity index (χ1v) is 11.0. The second kappa shape index (κ2) is 13.5. The molecule has 1 aliphatic rings. The van der Waals surface area contributed by atoms with Gasteiger partial charge in [-0.2, -0.15) is 0 Å². The van der Waals surface area contributed by atoms with Crippen LogP contribution >= 0.6 is 0 Å². The third-order valence-corrected chi connectivity index (χ3v) is 5.62. The molecule has 0 radical (unpaired) electrons. The number of hydrogen-bond acceptors (Lipinski definition) is 5. The molecule has 1 fully saturated rings. The number of Topliss-reactive ketones (excluding diaryl/α,β-unsaturated/α-hetero) is 1. The van der Waals surface area contributed by atoms with E-state index in [9.17, 15) is 20.1 Å². The number of ether oxygens (including phenoxy) is 1. The number of rotatable bonds is 13. The lowest BCUT2D eigenvalue weighted by atomic mass is 9.89. The Labute approximate surface area is 180 Å². The fourth-order valence-electron chi connectivity index (χ4n) is 3.87. The van der Waals surface area contributed by atoms with Gasteiger partial charge in [0.05, 0.1) is 24.9 Å². The van der Waals surface area contributed by atoms with Crippen LogP contribution in [0.25, 0.3) is 0 Å². The summed E-state index contributed by atoms with van der Waals surface area (Å²) in [5.74, 6) is -0.0458. The van der Waals surface area contributed by atoms with Crippen LogP contribution in [-0.4, -0.2) is 46.0 Å². The van der Waals surface area contributed by atoms with Crippen molar-refractivity contribution in [3.63, 3.8) is 0 Å². The van der Waals surface area contributed by atoms with Crippen LogP contribution in [0, 0.1) is 11.8 Å². The molecule has 0 heterocycles. The highest BCUT2D eigenvalue weighted by molar-refractivity contribution is 5.75. The molecule has 1 saturated carbocycles. The van der Waals surface area contributed by atoms with Gasteiger partial charge in [-0.05, 0) is 37.7 Å². The van der Waals surface area contributed by atoms with Crippen molar-refractivity contribution in [3.8, 4) is 0 Å². The molecule has 5 heteroatoms. The van der Waals surface area contributed by atoms with E-state index >= 15 is 0 Å². The number of ketones is 1. The van der Waals surface area contributed by atoms with E-state index in [0.717, 1.165) is 18.4 Å². The molecule has 1 aromatic rings. The predicted octanol–water partition coefficient (Wildman–Crippen LogP) is 3.57. The summed E-state index contributed by atoms with van der Waals surface area (Å²) in [5, 5.41) is 30.8. The standard InChI is InChI=1S/C25H36O5/c1-19(26)9-5-2-3-8-12-22-23(25(29)17-24(22)28)14-13-21(27)15-16-30-18-20-10-6-4-7-11-20/h3-4,6-8,10-11,13-14,21-25,27-29H,2,5,9,12,15-18H2,1H3/b8-3-,14-13?/t21-,22-,23-,24+,25-/m1/s1. The highest BCUT2D eigenvalue weighted by Crippen LogP contribution is 2.36. The number of carbonyl (C=O) groups is 1. The number of unbranched alkanes of at least 4 members (excludes halogenated alkanes) is 1. The summed E-state index contributed by atoms with van der Waals surface area (Å²) in [6.45, 7) is 2.56. The molecular weight excluding hydrogens is 380 g/mol. The molecule has 0 aromatic heterocycles. The van der Waals surface area contributed by atoms with E-state index in [1.54, 1.807) is 13.0 Å². The van der Waals surface area contributed by atoms with Crippen molar-refractivity contribution in [1.82, 2.24) is 0 Å². The Morgan fingerprint density at radius 2 is 1.97 bits per heavy atom. The van der Waals surface area contributed by atoms with Crippen LogP contribution in [-0.2, 0) is 16.1 Å². The molecule has 0 spiro atoms. The lowest BCUT2D eigenvalue weighted by molar-refractivity contribution is -0.117. The topological polar surface area (TPSA) is 87.0 Å². The number of carbonyl (C=O) groups excluding carboxylic acids is 1. The lowest BCUT2D eigenvalue weighted by Crippen LogP contribution is -2.20. The zero-order valence-corrected chi connectivity index (χ0v) is 17.9. The predicted molar refractivity (Wildman–Crippen MR) is 118 cm³/mol. The maximum atomic E-state index is 11.0. The van der Waals surface area contributed by atoms with Crippen molar-refractivity contribution in [3.05, 3.63) is 60.2 Å². The molecule has 0 bridgehead atoms. The van der Waals surface area contributed by atoms with Gasteiger partial charge in [-0.25, -0.2) is 0 Å². The number of hydrogen-bond donors (Lipinski definition) is 3. The van der Waals surface area contributed by atoms with E-state index in [1.807, 2.05) is 48.6 Å². The zero-order chi connectivity index (χ0) is 21.8. The third-order valence-electron chi connectivity index (χ3n) is 5.62. The Morgan fingerprint density at radius 1 is 1.20 bits per heavy atom. The number of allylic oxidation sites excluding steroid dienone is 2. The van der Waals surface area contributed by atoms with Crippen LogP contribution in [0.2, 0.25) is 0 Å². The normalized spacial score (nSPS) is 25.3.